The van der Waals surface area contributed by atoms with Gasteiger partial charge in [-0.25, -0.2) is 9.67 Å². The normalized spacial score (nSPS) is 16.2. The summed E-state index contributed by atoms with van der Waals surface area (Å²) >= 11 is 1.60. The molecule has 0 fully saturated rings. The number of rotatable bonds is 3. The van der Waals surface area contributed by atoms with Gasteiger partial charge in [0.25, 0.3) is 0 Å². The molecule has 2 heterocycles. The van der Waals surface area contributed by atoms with Gasteiger partial charge in [0.1, 0.15) is 0 Å². The van der Waals surface area contributed by atoms with Gasteiger partial charge in [-0.2, -0.15) is 0 Å². The topological polar surface area (TPSA) is 59.8 Å². The van der Waals surface area contributed by atoms with Crippen molar-refractivity contribution in [3.05, 3.63) is 64.8 Å². The van der Waals surface area contributed by atoms with Crippen LogP contribution < -0.4 is 5.32 Å². The number of hydrogen-bond donors (Lipinski definition) is 1. The zero-order valence-electron chi connectivity index (χ0n) is 16.7. The largest absolute Gasteiger partial charge is 0.338 e. The first-order valence-corrected chi connectivity index (χ1v) is 10.7. The van der Waals surface area contributed by atoms with Crippen LogP contribution in [0.3, 0.4) is 0 Å². The van der Waals surface area contributed by atoms with Crippen LogP contribution in [0, 0.1) is 19.8 Å². The number of nitrogens with one attached hydrogen (secondary N) is 1. The number of thiazole rings is 1. The first-order valence-electron chi connectivity index (χ1n) is 9.85. The molecule has 1 unspecified atom stereocenters. The van der Waals surface area contributed by atoms with E-state index in [0.29, 0.717) is 23.7 Å². The number of anilines is 2. The third-order valence-corrected chi connectivity index (χ3v) is 6.58. The van der Waals surface area contributed by atoms with E-state index in [1.165, 1.54) is 11.1 Å². The summed E-state index contributed by atoms with van der Waals surface area (Å²) in [5.41, 5.74) is 6.00. The van der Waals surface area contributed by atoms with Crippen LogP contribution in [0.4, 0.5) is 11.5 Å². The number of ketones is 1. The van der Waals surface area contributed by atoms with E-state index in [9.17, 15) is 4.79 Å². The van der Waals surface area contributed by atoms with Gasteiger partial charge >= 0.3 is 0 Å². The Morgan fingerprint density at radius 3 is 2.72 bits per heavy atom. The van der Waals surface area contributed by atoms with Crippen molar-refractivity contribution >= 4 is 38.8 Å². The summed E-state index contributed by atoms with van der Waals surface area (Å²) in [6.07, 6.45) is 1.37. The Labute approximate surface area is 173 Å². The maximum absolute atomic E-state index is 12.9. The summed E-state index contributed by atoms with van der Waals surface area (Å²) in [6.45, 7) is 6.29. The van der Waals surface area contributed by atoms with Crippen molar-refractivity contribution in [1.82, 2.24) is 14.8 Å². The number of aryl methyl sites for hydroxylation is 2. The van der Waals surface area contributed by atoms with Gasteiger partial charge in [-0.3, -0.25) is 4.79 Å². The van der Waals surface area contributed by atoms with Gasteiger partial charge in [0.05, 0.1) is 21.5 Å². The molecule has 0 bridgehead atoms. The van der Waals surface area contributed by atoms with E-state index in [0.717, 1.165) is 33.2 Å². The third-order valence-electron chi connectivity index (χ3n) is 5.57. The molecule has 0 spiro atoms. The highest BCUT2D eigenvalue weighted by Gasteiger charge is 2.32. The molecule has 5 nitrogen and oxygen atoms in total. The number of nitrogens with zero attached hydrogens (tertiary/aromatic N) is 3. The first kappa shape index (κ1) is 18.1. The second kappa shape index (κ2) is 6.81. The van der Waals surface area contributed by atoms with Gasteiger partial charge in [0.2, 0.25) is 5.13 Å². The lowest BCUT2D eigenvalue weighted by molar-refractivity contribution is 0.0953. The summed E-state index contributed by atoms with van der Waals surface area (Å²) in [7, 11) is 0. The van der Waals surface area contributed by atoms with Crippen molar-refractivity contribution in [3.8, 4) is 5.13 Å². The Bertz CT molecular complexity index is 1220. The number of carbonyl (C=O) groups is 1. The molecule has 146 valence electrons. The average Bonchev–Trinajstić information content (AvgIpc) is 3.26. The maximum Gasteiger partial charge on any atom is 0.211 e. The van der Waals surface area contributed by atoms with Crippen LogP contribution in [0.15, 0.2) is 42.5 Å². The number of fused-ring (bicyclic) bond motifs is 2. The molecule has 0 aliphatic heterocycles. The molecule has 0 amide bonds. The number of aromatic nitrogens is 3. The predicted molar refractivity (Wildman–Crippen MR) is 118 cm³/mol. The van der Waals surface area contributed by atoms with E-state index >= 15 is 0 Å². The molecular weight excluding hydrogens is 380 g/mol. The minimum Gasteiger partial charge on any atom is -0.338 e. The van der Waals surface area contributed by atoms with Crippen molar-refractivity contribution in [1.29, 1.82) is 0 Å². The Morgan fingerprint density at radius 2 is 1.93 bits per heavy atom. The Kier molecular flexibility index (Phi) is 4.24. The number of benzene rings is 2. The van der Waals surface area contributed by atoms with Crippen molar-refractivity contribution in [2.45, 2.75) is 33.6 Å². The van der Waals surface area contributed by atoms with Crippen LogP contribution in [0.25, 0.3) is 15.3 Å². The lowest BCUT2D eigenvalue weighted by atomic mass is 9.88. The van der Waals surface area contributed by atoms with Crippen LogP contribution in [0.2, 0.25) is 0 Å². The summed E-state index contributed by atoms with van der Waals surface area (Å²) in [4.78, 5) is 17.7. The number of hydrogen-bond acceptors (Lipinski definition) is 5. The van der Waals surface area contributed by atoms with Gasteiger partial charge in [-0.05, 0) is 61.6 Å². The molecule has 0 saturated heterocycles. The standard InChI is InChI=1S/C23H22N4OS/c1-13-10-18-21(19(28)11-13)22(24-16-9-8-14(2)15(3)12-16)26-27(18)23-25-17-6-4-5-7-20(17)29-23/h4-9,12-13H,10-11H2,1-3H3,(H,24,26). The molecule has 1 atom stereocenters. The maximum atomic E-state index is 12.9. The third kappa shape index (κ3) is 3.13. The van der Waals surface area contributed by atoms with E-state index in [4.69, 9.17) is 10.1 Å². The molecule has 2 aromatic carbocycles. The lowest BCUT2D eigenvalue weighted by Gasteiger charge is -2.18. The number of Topliss-reactive ketones (excluding diaryl/α,β-unsaturated/α-hetero) is 1. The highest BCUT2D eigenvalue weighted by atomic mass is 32.1. The monoisotopic (exact) mass is 402 g/mol. The quantitative estimate of drug-likeness (QED) is 0.484. The van der Waals surface area contributed by atoms with Crippen molar-refractivity contribution in [2.24, 2.45) is 5.92 Å². The molecule has 4 aromatic rings. The zero-order valence-corrected chi connectivity index (χ0v) is 17.5. The summed E-state index contributed by atoms with van der Waals surface area (Å²) in [5, 5.41) is 9.02. The molecule has 1 N–H and O–H groups in total. The van der Waals surface area contributed by atoms with E-state index in [2.05, 4.69) is 44.3 Å². The molecule has 6 heteroatoms. The van der Waals surface area contributed by atoms with Gasteiger partial charge in [0.15, 0.2) is 11.6 Å². The molecular formula is C23H22N4OS. The van der Waals surface area contributed by atoms with Gasteiger partial charge in [-0.1, -0.05) is 36.5 Å². The fraction of sp³-hybridized carbons (Fsp3) is 0.261. The minimum atomic E-state index is 0.150. The smallest absolute Gasteiger partial charge is 0.211 e. The minimum absolute atomic E-state index is 0.150. The SMILES string of the molecule is Cc1ccc(Nc2nn(-c3nc4ccccc4s3)c3c2C(=O)CC(C)C3)cc1C. The molecule has 1 aliphatic rings. The number of carbonyl (C=O) groups excluding carboxylic acids is 1. The van der Waals surface area contributed by atoms with Crippen LogP contribution in [-0.2, 0) is 6.42 Å². The molecule has 0 radical (unpaired) electrons. The molecule has 2 aromatic heterocycles. The summed E-state index contributed by atoms with van der Waals surface area (Å²) in [6, 6.07) is 14.3. The molecule has 0 saturated carbocycles. The second-order valence-electron chi connectivity index (χ2n) is 7.91. The second-order valence-corrected chi connectivity index (χ2v) is 8.92. The molecule has 5 rings (SSSR count). The van der Waals surface area contributed by atoms with E-state index in [1.807, 2.05) is 28.9 Å². The summed E-state index contributed by atoms with van der Waals surface area (Å²) < 4.78 is 2.99. The predicted octanol–water partition coefficient (Wildman–Crippen LogP) is 5.61. The Morgan fingerprint density at radius 1 is 1.10 bits per heavy atom. The van der Waals surface area contributed by atoms with Crippen LogP contribution in [0.5, 0.6) is 0 Å². The Hall–Kier alpha value is -2.99. The van der Waals surface area contributed by atoms with Crippen LogP contribution >= 0.6 is 11.3 Å². The molecule has 1 aliphatic carbocycles. The zero-order chi connectivity index (χ0) is 20.1. The van der Waals surface area contributed by atoms with Crippen molar-refractivity contribution in [2.75, 3.05) is 5.32 Å². The molecule has 29 heavy (non-hydrogen) atoms. The van der Waals surface area contributed by atoms with Gasteiger partial charge in [-0.15, -0.1) is 5.10 Å². The highest BCUT2D eigenvalue weighted by molar-refractivity contribution is 7.20. The number of para-hydroxylation sites is 1. The fourth-order valence-corrected chi connectivity index (χ4v) is 4.85. The first-order chi connectivity index (χ1) is 14.0. The average molecular weight is 403 g/mol. The summed E-state index contributed by atoms with van der Waals surface area (Å²) in [5.74, 6) is 1.08. The lowest BCUT2D eigenvalue weighted by Crippen LogP contribution is -2.19. The fourth-order valence-electron chi connectivity index (χ4n) is 3.91. The van der Waals surface area contributed by atoms with E-state index in [-0.39, 0.29) is 5.78 Å². The van der Waals surface area contributed by atoms with Crippen LogP contribution in [-0.4, -0.2) is 20.5 Å². The Balaban J connectivity index is 1.64. The van der Waals surface area contributed by atoms with Crippen molar-refractivity contribution < 1.29 is 4.79 Å². The van der Waals surface area contributed by atoms with Gasteiger partial charge in [0, 0.05) is 12.1 Å². The van der Waals surface area contributed by atoms with Gasteiger partial charge < -0.3 is 5.32 Å². The van der Waals surface area contributed by atoms with Crippen LogP contribution in [0.1, 0.15) is 40.5 Å². The van der Waals surface area contributed by atoms with E-state index < -0.39 is 0 Å². The van der Waals surface area contributed by atoms with E-state index in [1.54, 1.807) is 11.3 Å². The highest BCUT2D eigenvalue weighted by Crippen LogP contribution is 2.35. The van der Waals surface area contributed by atoms with Crippen molar-refractivity contribution in [3.63, 3.8) is 0 Å².